The Balaban J connectivity index is 2.30. The van der Waals surface area contributed by atoms with Gasteiger partial charge in [0, 0.05) is 35.5 Å². The predicted molar refractivity (Wildman–Crippen MR) is 44.0 cm³/mol. The highest BCUT2D eigenvalue weighted by molar-refractivity contribution is 14.1. The number of hydrogen-bond acceptors (Lipinski definition) is 1. The van der Waals surface area contributed by atoms with Crippen molar-refractivity contribution in [3.8, 4) is 0 Å². The highest BCUT2D eigenvalue weighted by Gasteiger charge is 2.19. The van der Waals surface area contributed by atoms with Crippen molar-refractivity contribution in [2.24, 2.45) is 0 Å². The summed E-state index contributed by atoms with van der Waals surface area (Å²) in [5.74, 6) is 0. The van der Waals surface area contributed by atoms with Gasteiger partial charge in [-0.1, -0.05) is 6.92 Å². The zero-order valence-electron chi connectivity index (χ0n) is 5.23. The fourth-order valence-electron chi connectivity index (χ4n) is 1.20. The Morgan fingerprint density at radius 1 is 1.75 bits per heavy atom. The average molecular weight is 225 g/mol. The standard InChI is InChI=1S/C6H12IN/c1-2-6-4-3-5-8(6)7/h6H,2-5H2,1H3. The molecule has 1 heterocycles. The van der Waals surface area contributed by atoms with Crippen LogP contribution in [0.1, 0.15) is 26.2 Å². The van der Waals surface area contributed by atoms with Crippen LogP contribution in [0.25, 0.3) is 0 Å². The van der Waals surface area contributed by atoms with Crippen LogP contribution >= 0.6 is 22.9 Å². The van der Waals surface area contributed by atoms with Gasteiger partial charge in [-0.05, 0) is 19.3 Å². The minimum Gasteiger partial charge on any atom is -0.244 e. The largest absolute Gasteiger partial charge is 0.244 e. The summed E-state index contributed by atoms with van der Waals surface area (Å²) >= 11 is 2.43. The molecule has 0 aromatic heterocycles. The molecule has 0 radical (unpaired) electrons. The van der Waals surface area contributed by atoms with E-state index in [0.717, 1.165) is 6.04 Å². The van der Waals surface area contributed by atoms with Gasteiger partial charge in [0.2, 0.25) is 0 Å². The van der Waals surface area contributed by atoms with E-state index in [4.69, 9.17) is 0 Å². The van der Waals surface area contributed by atoms with Crippen LogP contribution in [0.3, 0.4) is 0 Å². The highest BCUT2D eigenvalue weighted by Crippen LogP contribution is 2.22. The van der Waals surface area contributed by atoms with Gasteiger partial charge in [0.15, 0.2) is 0 Å². The van der Waals surface area contributed by atoms with E-state index in [1.54, 1.807) is 0 Å². The minimum absolute atomic E-state index is 0.885. The maximum atomic E-state index is 2.43. The molecule has 0 aliphatic carbocycles. The second-order valence-corrected chi connectivity index (χ2v) is 3.57. The fourth-order valence-corrected chi connectivity index (χ4v) is 2.22. The summed E-state index contributed by atoms with van der Waals surface area (Å²) in [6.07, 6.45) is 4.14. The molecular formula is C6H12IN. The number of hydrogen-bond donors (Lipinski definition) is 0. The third-order valence-electron chi connectivity index (χ3n) is 1.78. The molecular weight excluding hydrogens is 213 g/mol. The van der Waals surface area contributed by atoms with Crippen LogP contribution in [0.5, 0.6) is 0 Å². The monoisotopic (exact) mass is 225 g/mol. The van der Waals surface area contributed by atoms with Crippen molar-refractivity contribution in [3.05, 3.63) is 0 Å². The zero-order chi connectivity index (χ0) is 5.98. The Morgan fingerprint density at radius 2 is 2.50 bits per heavy atom. The molecule has 0 bridgehead atoms. The van der Waals surface area contributed by atoms with E-state index in [0.29, 0.717) is 0 Å². The first-order valence-electron chi connectivity index (χ1n) is 3.27. The second kappa shape index (κ2) is 3.01. The molecule has 0 amide bonds. The topological polar surface area (TPSA) is 3.24 Å². The van der Waals surface area contributed by atoms with Gasteiger partial charge in [-0.25, -0.2) is 3.11 Å². The van der Waals surface area contributed by atoms with E-state index in [-0.39, 0.29) is 0 Å². The van der Waals surface area contributed by atoms with Gasteiger partial charge in [-0.2, -0.15) is 0 Å². The minimum atomic E-state index is 0.885. The van der Waals surface area contributed by atoms with E-state index in [1.807, 2.05) is 0 Å². The Bertz CT molecular complexity index is 74.9. The fraction of sp³-hybridized carbons (Fsp3) is 1.00. The average Bonchev–Trinajstić information content (AvgIpc) is 2.14. The van der Waals surface area contributed by atoms with Crippen LogP contribution in [0, 0.1) is 0 Å². The van der Waals surface area contributed by atoms with E-state index >= 15 is 0 Å². The summed E-state index contributed by atoms with van der Waals surface area (Å²) in [6.45, 7) is 3.57. The SMILES string of the molecule is CCC1CCCN1I. The first-order chi connectivity index (χ1) is 3.84. The lowest BCUT2D eigenvalue weighted by molar-refractivity contribution is 0.457. The van der Waals surface area contributed by atoms with Crippen molar-refractivity contribution in [1.82, 2.24) is 3.11 Å². The summed E-state index contributed by atoms with van der Waals surface area (Å²) in [5.41, 5.74) is 0. The Labute approximate surface area is 64.9 Å². The van der Waals surface area contributed by atoms with Gasteiger partial charge in [-0.3, -0.25) is 0 Å². The Hall–Kier alpha value is 0.690. The molecule has 1 fully saturated rings. The molecule has 2 heteroatoms. The maximum Gasteiger partial charge on any atom is 0.0204 e. The van der Waals surface area contributed by atoms with Crippen molar-refractivity contribution in [3.63, 3.8) is 0 Å². The molecule has 0 aromatic carbocycles. The van der Waals surface area contributed by atoms with Gasteiger partial charge in [0.1, 0.15) is 0 Å². The molecule has 1 rings (SSSR count). The highest BCUT2D eigenvalue weighted by atomic mass is 127. The van der Waals surface area contributed by atoms with Gasteiger partial charge >= 0.3 is 0 Å². The molecule has 0 saturated carbocycles. The first-order valence-corrected chi connectivity index (χ1v) is 4.23. The van der Waals surface area contributed by atoms with Crippen molar-refractivity contribution in [2.75, 3.05) is 6.54 Å². The molecule has 1 aliphatic rings. The van der Waals surface area contributed by atoms with Crippen LogP contribution in [-0.4, -0.2) is 15.7 Å². The lowest BCUT2D eigenvalue weighted by Gasteiger charge is -2.13. The molecule has 1 atom stereocenters. The maximum absolute atomic E-state index is 2.43. The molecule has 1 unspecified atom stereocenters. The normalized spacial score (nSPS) is 31.5. The first kappa shape index (κ1) is 6.81. The quantitative estimate of drug-likeness (QED) is 0.488. The summed E-state index contributed by atoms with van der Waals surface area (Å²) in [7, 11) is 0. The van der Waals surface area contributed by atoms with E-state index < -0.39 is 0 Å². The third-order valence-corrected chi connectivity index (χ3v) is 3.05. The lowest BCUT2D eigenvalue weighted by atomic mass is 10.2. The van der Waals surface area contributed by atoms with Crippen LogP contribution in [0.2, 0.25) is 0 Å². The van der Waals surface area contributed by atoms with E-state index in [2.05, 4.69) is 32.9 Å². The van der Waals surface area contributed by atoms with Crippen LogP contribution in [0.4, 0.5) is 0 Å². The number of halogens is 1. The molecule has 0 spiro atoms. The van der Waals surface area contributed by atoms with Gasteiger partial charge in [0.05, 0.1) is 0 Å². The summed E-state index contributed by atoms with van der Waals surface area (Å²) in [6, 6.07) is 0.885. The Morgan fingerprint density at radius 3 is 2.75 bits per heavy atom. The van der Waals surface area contributed by atoms with Crippen molar-refractivity contribution in [2.45, 2.75) is 32.2 Å². The second-order valence-electron chi connectivity index (χ2n) is 2.33. The van der Waals surface area contributed by atoms with Gasteiger partial charge in [-0.15, -0.1) is 0 Å². The Kier molecular flexibility index (Phi) is 2.56. The predicted octanol–water partition coefficient (Wildman–Crippen LogP) is 2.21. The third kappa shape index (κ3) is 1.35. The molecule has 1 aliphatic heterocycles. The van der Waals surface area contributed by atoms with Crippen LogP contribution in [-0.2, 0) is 0 Å². The summed E-state index contributed by atoms with van der Waals surface area (Å²) in [4.78, 5) is 0. The zero-order valence-corrected chi connectivity index (χ0v) is 7.39. The molecule has 8 heavy (non-hydrogen) atoms. The van der Waals surface area contributed by atoms with Crippen molar-refractivity contribution >= 4 is 22.9 Å². The van der Waals surface area contributed by atoms with Gasteiger partial charge < -0.3 is 0 Å². The summed E-state index contributed by atoms with van der Waals surface area (Å²) in [5, 5.41) is 0. The van der Waals surface area contributed by atoms with E-state index in [9.17, 15) is 0 Å². The smallest absolute Gasteiger partial charge is 0.0204 e. The molecule has 0 N–H and O–H groups in total. The molecule has 1 saturated heterocycles. The summed E-state index contributed by atoms with van der Waals surface area (Å²) < 4.78 is 2.43. The lowest BCUT2D eigenvalue weighted by Crippen LogP contribution is -2.16. The number of nitrogens with zero attached hydrogens (tertiary/aromatic N) is 1. The van der Waals surface area contributed by atoms with Crippen LogP contribution < -0.4 is 0 Å². The molecule has 1 nitrogen and oxygen atoms in total. The molecule has 48 valence electrons. The number of rotatable bonds is 1. The molecule has 0 aromatic rings. The van der Waals surface area contributed by atoms with Crippen molar-refractivity contribution < 1.29 is 0 Å². The van der Waals surface area contributed by atoms with Crippen LogP contribution in [0.15, 0.2) is 0 Å². The van der Waals surface area contributed by atoms with Crippen molar-refractivity contribution in [1.29, 1.82) is 0 Å². The van der Waals surface area contributed by atoms with E-state index in [1.165, 1.54) is 25.8 Å². The van der Waals surface area contributed by atoms with Gasteiger partial charge in [0.25, 0.3) is 0 Å².